The summed E-state index contributed by atoms with van der Waals surface area (Å²) in [5.41, 5.74) is 2.85. The number of rotatable bonds is 3. The fourth-order valence-corrected chi connectivity index (χ4v) is 6.07. The largest absolute Gasteiger partial charge is 0.303 e. The molecule has 1 aliphatic heterocycles. The number of carbonyl (C=O) groups is 1. The van der Waals surface area contributed by atoms with Crippen molar-refractivity contribution in [1.29, 1.82) is 0 Å². The first-order valence-electron chi connectivity index (χ1n) is 9.69. The number of nitrogens with zero attached hydrogens (tertiary/aromatic N) is 4. The van der Waals surface area contributed by atoms with Crippen molar-refractivity contribution in [3.8, 4) is 5.00 Å². The van der Waals surface area contributed by atoms with Gasteiger partial charge in [-0.3, -0.25) is 9.56 Å². The zero-order valence-corrected chi connectivity index (χ0v) is 16.9. The zero-order valence-electron chi connectivity index (χ0n) is 15.4. The van der Waals surface area contributed by atoms with Gasteiger partial charge in [0.05, 0.1) is 16.3 Å². The molecule has 3 aromatic rings. The number of aromatic nitrogens is 3. The topological polar surface area (TPSA) is 60.1 Å². The van der Waals surface area contributed by atoms with E-state index < -0.39 is 5.82 Å². The Labute approximate surface area is 175 Å². The number of thiophene rings is 1. The van der Waals surface area contributed by atoms with Crippen LogP contribution in [0.4, 0.5) is 4.39 Å². The molecule has 8 heteroatoms. The van der Waals surface area contributed by atoms with Gasteiger partial charge in [0.2, 0.25) is 0 Å². The molecule has 1 atom stereocenters. The summed E-state index contributed by atoms with van der Waals surface area (Å²) < 4.78 is 17.0. The minimum Gasteiger partial charge on any atom is -0.303 e. The Bertz CT molecular complexity index is 1190. The number of halogens is 2. The highest BCUT2D eigenvalue weighted by atomic mass is 35.5. The minimum atomic E-state index is -0.396. The van der Waals surface area contributed by atoms with Crippen molar-refractivity contribution in [3.63, 3.8) is 0 Å². The Morgan fingerprint density at radius 3 is 2.83 bits per heavy atom. The molecule has 6 rings (SSSR count). The van der Waals surface area contributed by atoms with Gasteiger partial charge in [-0.25, -0.2) is 4.39 Å². The van der Waals surface area contributed by atoms with Crippen LogP contribution in [0.15, 0.2) is 23.2 Å². The molecule has 0 bridgehead atoms. The molecule has 0 saturated heterocycles. The van der Waals surface area contributed by atoms with Crippen molar-refractivity contribution in [2.75, 3.05) is 0 Å². The number of aldehydes is 1. The standard InChI is InChI=1S/C21H16ClFN4OS/c22-13-2-1-3-14(23)18(13)19-17-12-6-10(9-28)7-15(12)29-21(17)27-16(8-24-19)25-26-20(27)11-4-5-11/h1-3,9-11H,4-8H2. The Morgan fingerprint density at radius 1 is 1.21 bits per heavy atom. The fourth-order valence-electron chi connectivity index (χ4n) is 4.37. The van der Waals surface area contributed by atoms with E-state index in [2.05, 4.69) is 14.8 Å². The molecule has 3 aliphatic rings. The van der Waals surface area contributed by atoms with Crippen molar-refractivity contribution in [2.45, 2.75) is 38.1 Å². The van der Waals surface area contributed by atoms with E-state index in [1.165, 1.54) is 6.07 Å². The Hall–Kier alpha value is -2.38. The van der Waals surface area contributed by atoms with E-state index in [0.29, 0.717) is 41.6 Å². The summed E-state index contributed by atoms with van der Waals surface area (Å²) in [6.45, 7) is 0.312. The average Bonchev–Trinajstić information content (AvgIpc) is 3.24. The lowest BCUT2D eigenvalue weighted by Crippen LogP contribution is -2.12. The maximum Gasteiger partial charge on any atom is 0.160 e. The van der Waals surface area contributed by atoms with Gasteiger partial charge in [-0.15, -0.1) is 21.5 Å². The summed E-state index contributed by atoms with van der Waals surface area (Å²) in [5, 5.41) is 10.2. The van der Waals surface area contributed by atoms with Crippen LogP contribution in [0.5, 0.6) is 0 Å². The van der Waals surface area contributed by atoms with E-state index in [9.17, 15) is 9.18 Å². The van der Waals surface area contributed by atoms with E-state index in [4.69, 9.17) is 16.6 Å². The van der Waals surface area contributed by atoms with E-state index in [1.807, 2.05) is 0 Å². The van der Waals surface area contributed by atoms with Crippen LogP contribution in [0, 0.1) is 11.7 Å². The molecule has 146 valence electrons. The lowest BCUT2D eigenvalue weighted by Gasteiger charge is -2.13. The fraction of sp³-hybridized carbons (Fsp3) is 0.333. The highest BCUT2D eigenvalue weighted by molar-refractivity contribution is 7.15. The molecular weight excluding hydrogens is 411 g/mol. The number of carbonyl (C=O) groups excluding carboxylic acids is 1. The summed E-state index contributed by atoms with van der Waals surface area (Å²) in [6.07, 6.45) is 4.59. The van der Waals surface area contributed by atoms with Crippen molar-refractivity contribution >= 4 is 34.9 Å². The van der Waals surface area contributed by atoms with Gasteiger partial charge < -0.3 is 4.79 Å². The Kier molecular flexibility index (Phi) is 3.80. The second-order valence-corrected chi connectivity index (χ2v) is 9.32. The molecule has 1 saturated carbocycles. The Balaban J connectivity index is 1.63. The molecule has 1 unspecified atom stereocenters. The number of fused-ring (bicyclic) bond motifs is 5. The zero-order chi connectivity index (χ0) is 19.7. The van der Waals surface area contributed by atoms with E-state index >= 15 is 0 Å². The van der Waals surface area contributed by atoms with Gasteiger partial charge >= 0.3 is 0 Å². The number of aliphatic imine (C=N–C) groups is 1. The summed E-state index contributed by atoms with van der Waals surface area (Å²) in [7, 11) is 0. The van der Waals surface area contributed by atoms with Gasteiger partial charge in [0, 0.05) is 22.3 Å². The van der Waals surface area contributed by atoms with Crippen LogP contribution in [-0.4, -0.2) is 26.8 Å². The highest BCUT2D eigenvalue weighted by Crippen LogP contribution is 2.46. The second kappa shape index (κ2) is 6.31. The van der Waals surface area contributed by atoms with E-state index in [0.717, 1.165) is 51.8 Å². The number of hydrogen-bond acceptors (Lipinski definition) is 5. The van der Waals surface area contributed by atoms with Crippen molar-refractivity contribution in [1.82, 2.24) is 14.8 Å². The molecule has 0 spiro atoms. The first-order chi connectivity index (χ1) is 14.2. The maximum absolute atomic E-state index is 14.9. The molecule has 0 N–H and O–H groups in total. The molecule has 1 fully saturated rings. The third kappa shape index (κ3) is 2.57. The van der Waals surface area contributed by atoms with Gasteiger partial charge in [0.15, 0.2) is 5.82 Å². The summed E-state index contributed by atoms with van der Waals surface area (Å²) in [6, 6.07) is 4.69. The highest BCUT2D eigenvalue weighted by Gasteiger charge is 2.38. The summed E-state index contributed by atoms with van der Waals surface area (Å²) >= 11 is 8.08. The molecule has 5 nitrogen and oxygen atoms in total. The van der Waals surface area contributed by atoms with Crippen LogP contribution in [0.2, 0.25) is 5.02 Å². The van der Waals surface area contributed by atoms with Crippen molar-refractivity contribution < 1.29 is 9.18 Å². The lowest BCUT2D eigenvalue weighted by atomic mass is 9.97. The SMILES string of the molecule is O=CC1Cc2sc3c(c2C1)C(c1c(F)cccc1Cl)=NCc1nnc(C2CC2)n1-3. The molecular formula is C21H16ClFN4OS. The molecule has 0 amide bonds. The third-order valence-electron chi connectivity index (χ3n) is 5.89. The van der Waals surface area contributed by atoms with Crippen LogP contribution < -0.4 is 0 Å². The smallest absolute Gasteiger partial charge is 0.160 e. The van der Waals surface area contributed by atoms with Crippen LogP contribution in [-0.2, 0) is 24.2 Å². The maximum atomic E-state index is 14.9. The van der Waals surface area contributed by atoms with E-state index in [-0.39, 0.29) is 5.92 Å². The second-order valence-electron chi connectivity index (χ2n) is 7.83. The first kappa shape index (κ1) is 17.5. The first-order valence-corrected chi connectivity index (χ1v) is 10.9. The monoisotopic (exact) mass is 426 g/mol. The van der Waals surface area contributed by atoms with E-state index in [1.54, 1.807) is 23.5 Å². The summed E-state index contributed by atoms with van der Waals surface area (Å²) in [4.78, 5) is 17.4. The van der Waals surface area contributed by atoms with Crippen molar-refractivity contribution in [2.24, 2.45) is 10.9 Å². The van der Waals surface area contributed by atoms with Crippen LogP contribution in [0.1, 0.15) is 52.0 Å². The molecule has 1 aromatic carbocycles. The van der Waals surface area contributed by atoms with Crippen LogP contribution in [0.3, 0.4) is 0 Å². The molecule has 29 heavy (non-hydrogen) atoms. The minimum absolute atomic E-state index is 0.0366. The number of benzene rings is 1. The molecule has 2 aliphatic carbocycles. The predicted octanol–water partition coefficient (Wildman–Crippen LogP) is 4.26. The van der Waals surface area contributed by atoms with Crippen LogP contribution >= 0.6 is 22.9 Å². The van der Waals surface area contributed by atoms with Gasteiger partial charge in [0.25, 0.3) is 0 Å². The molecule has 0 radical (unpaired) electrons. The van der Waals surface area contributed by atoms with Crippen LogP contribution in [0.25, 0.3) is 5.00 Å². The van der Waals surface area contributed by atoms with Gasteiger partial charge in [-0.2, -0.15) is 0 Å². The average molecular weight is 427 g/mol. The normalized spacial score (nSPS) is 19.9. The lowest BCUT2D eigenvalue weighted by molar-refractivity contribution is -0.110. The number of hydrogen-bond donors (Lipinski definition) is 0. The summed E-state index contributed by atoms with van der Waals surface area (Å²) in [5.74, 6) is 1.71. The predicted molar refractivity (Wildman–Crippen MR) is 109 cm³/mol. The van der Waals surface area contributed by atoms with Gasteiger partial charge in [0.1, 0.15) is 29.5 Å². The molecule has 2 aromatic heterocycles. The quantitative estimate of drug-likeness (QED) is 0.588. The van der Waals surface area contributed by atoms with Crippen molar-refractivity contribution in [3.05, 3.63) is 62.3 Å². The molecule has 3 heterocycles. The van der Waals surface area contributed by atoms with Gasteiger partial charge in [-0.05, 0) is 43.4 Å². The Morgan fingerprint density at radius 2 is 2.07 bits per heavy atom. The van der Waals surface area contributed by atoms with Gasteiger partial charge in [-0.1, -0.05) is 17.7 Å². The third-order valence-corrected chi connectivity index (χ3v) is 7.45.